The molecule has 1 amide bonds. The van der Waals surface area contributed by atoms with E-state index in [1.807, 2.05) is 24.0 Å². The molecule has 5 nitrogen and oxygen atoms in total. The SMILES string of the molecule is C[C@H]1Cc2cc(Br)ccc2N1C(=O)[C@@H]1CCCN(S(C)(=O)=O)C1. The molecule has 0 unspecified atom stereocenters. The average Bonchev–Trinajstić information content (AvgIpc) is 2.80. The fourth-order valence-electron chi connectivity index (χ4n) is 3.58. The van der Waals surface area contributed by atoms with Crippen LogP contribution in [0.3, 0.4) is 0 Å². The summed E-state index contributed by atoms with van der Waals surface area (Å²) in [6, 6.07) is 6.09. The van der Waals surface area contributed by atoms with Crippen molar-refractivity contribution in [1.29, 1.82) is 0 Å². The summed E-state index contributed by atoms with van der Waals surface area (Å²) < 4.78 is 26.0. The van der Waals surface area contributed by atoms with E-state index in [1.165, 1.54) is 10.6 Å². The topological polar surface area (TPSA) is 57.7 Å². The van der Waals surface area contributed by atoms with Crippen molar-refractivity contribution < 1.29 is 13.2 Å². The number of hydrogen-bond acceptors (Lipinski definition) is 3. The second-order valence-electron chi connectivity index (χ2n) is 6.49. The Hall–Kier alpha value is -0.920. The summed E-state index contributed by atoms with van der Waals surface area (Å²) in [7, 11) is -3.24. The molecule has 23 heavy (non-hydrogen) atoms. The summed E-state index contributed by atoms with van der Waals surface area (Å²) in [6.07, 6.45) is 3.53. The van der Waals surface area contributed by atoms with Crippen molar-refractivity contribution in [1.82, 2.24) is 4.31 Å². The normalized spacial score (nSPS) is 25.4. The van der Waals surface area contributed by atoms with Gasteiger partial charge in [0.05, 0.1) is 12.2 Å². The van der Waals surface area contributed by atoms with Crippen LogP contribution in [0.25, 0.3) is 0 Å². The van der Waals surface area contributed by atoms with Crippen LogP contribution >= 0.6 is 15.9 Å². The zero-order valence-corrected chi connectivity index (χ0v) is 15.7. The molecule has 7 heteroatoms. The van der Waals surface area contributed by atoms with Crippen LogP contribution in [-0.2, 0) is 21.2 Å². The van der Waals surface area contributed by atoms with Crippen LogP contribution in [0.2, 0.25) is 0 Å². The zero-order chi connectivity index (χ0) is 16.8. The van der Waals surface area contributed by atoms with Crippen molar-refractivity contribution in [2.24, 2.45) is 5.92 Å². The van der Waals surface area contributed by atoms with Gasteiger partial charge in [-0.3, -0.25) is 4.79 Å². The van der Waals surface area contributed by atoms with Crippen LogP contribution in [0.5, 0.6) is 0 Å². The molecule has 126 valence electrons. The van der Waals surface area contributed by atoms with Gasteiger partial charge >= 0.3 is 0 Å². The molecule has 1 saturated heterocycles. The second kappa shape index (κ2) is 6.18. The lowest BCUT2D eigenvalue weighted by Gasteiger charge is -2.34. The molecule has 0 spiro atoms. The van der Waals surface area contributed by atoms with Crippen LogP contribution in [-0.4, -0.2) is 44.0 Å². The molecule has 3 rings (SSSR count). The summed E-state index contributed by atoms with van der Waals surface area (Å²) in [6.45, 7) is 2.86. The number of benzene rings is 1. The number of fused-ring (bicyclic) bond motifs is 1. The van der Waals surface area contributed by atoms with Gasteiger partial charge in [0.25, 0.3) is 0 Å². The first-order chi connectivity index (χ1) is 10.8. The highest BCUT2D eigenvalue weighted by Crippen LogP contribution is 2.36. The molecule has 2 aliphatic rings. The molecular weight excluding hydrogens is 380 g/mol. The quantitative estimate of drug-likeness (QED) is 0.765. The van der Waals surface area contributed by atoms with E-state index in [4.69, 9.17) is 0 Å². The molecule has 0 N–H and O–H groups in total. The number of anilines is 1. The third kappa shape index (κ3) is 3.32. The summed E-state index contributed by atoms with van der Waals surface area (Å²) in [5.74, 6) is -0.206. The molecule has 1 fully saturated rings. The molecule has 1 aromatic rings. The maximum Gasteiger partial charge on any atom is 0.231 e. The molecule has 0 radical (unpaired) electrons. The van der Waals surface area contributed by atoms with Gasteiger partial charge in [-0.05, 0) is 49.9 Å². The fraction of sp³-hybridized carbons (Fsp3) is 0.562. The van der Waals surface area contributed by atoms with E-state index in [2.05, 4.69) is 22.0 Å². The van der Waals surface area contributed by atoms with E-state index in [-0.39, 0.29) is 17.9 Å². The van der Waals surface area contributed by atoms with Crippen molar-refractivity contribution in [2.45, 2.75) is 32.2 Å². The predicted octanol–water partition coefficient (Wildman–Crippen LogP) is 2.40. The Morgan fingerprint density at radius 1 is 1.35 bits per heavy atom. The van der Waals surface area contributed by atoms with E-state index in [0.29, 0.717) is 13.1 Å². The molecule has 0 saturated carbocycles. The monoisotopic (exact) mass is 400 g/mol. The summed E-state index contributed by atoms with van der Waals surface area (Å²) in [4.78, 5) is 14.9. The molecule has 1 aromatic carbocycles. The van der Waals surface area contributed by atoms with Crippen molar-refractivity contribution in [2.75, 3.05) is 24.2 Å². The van der Waals surface area contributed by atoms with Gasteiger partial charge in [0.1, 0.15) is 0 Å². The number of piperidine rings is 1. The summed E-state index contributed by atoms with van der Waals surface area (Å²) >= 11 is 3.47. The lowest BCUT2D eigenvalue weighted by molar-refractivity contribution is -0.123. The molecule has 0 bridgehead atoms. The van der Waals surface area contributed by atoms with E-state index >= 15 is 0 Å². The Bertz CT molecular complexity index is 735. The van der Waals surface area contributed by atoms with Crippen molar-refractivity contribution >= 4 is 37.5 Å². The van der Waals surface area contributed by atoms with Gasteiger partial charge in [-0.2, -0.15) is 0 Å². The predicted molar refractivity (Wildman–Crippen MR) is 93.9 cm³/mol. The Kier molecular flexibility index (Phi) is 4.55. The van der Waals surface area contributed by atoms with E-state index in [0.717, 1.165) is 35.0 Å². The average molecular weight is 401 g/mol. The maximum absolute atomic E-state index is 13.0. The van der Waals surface area contributed by atoms with Crippen LogP contribution in [0.1, 0.15) is 25.3 Å². The van der Waals surface area contributed by atoms with Crippen LogP contribution in [0, 0.1) is 5.92 Å². The molecule has 2 heterocycles. The van der Waals surface area contributed by atoms with Gasteiger partial charge in [-0.25, -0.2) is 12.7 Å². The van der Waals surface area contributed by atoms with E-state index in [9.17, 15) is 13.2 Å². The van der Waals surface area contributed by atoms with Crippen molar-refractivity contribution in [3.05, 3.63) is 28.2 Å². The minimum Gasteiger partial charge on any atom is -0.309 e. The highest BCUT2D eigenvalue weighted by Gasteiger charge is 2.37. The van der Waals surface area contributed by atoms with Gasteiger partial charge in [-0.15, -0.1) is 0 Å². The Morgan fingerprint density at radius 2 is 2.09 bits per heavy atom. The van der Waals surface area contributed by atoms with Gasteiger partial charge in [0.15, 0.2) is 0 Å². The number of hydrogen-bond donors (Lipinski definition) is 0. The number of sulfonamides is 1. The largest absolute Gasteiger partial charge is 0.309 e. The minimum atomic E-state index is -3.24. The lowest BCUT2D eigenvalue weighted by Crippen LogP contribution is -2.48. The number of amides is 1. The molecular formula is C16H21BrN2O3S. The fourth-order valence-corrected chi connectivity index (χ4v) is 4.90. The Balaban J connectivity index is 1.84. The zero-order valence-electron chi connectivity index (χ0n) is 13.3. The first-order valence-corrected chi connectivity index (χ1v) is 10.5. The van der Waals surface area contributed by atoms with Crippen molar-refractivity contribution in [3.63, 3.8) is 0 Å². The highest BCUT2D eigenvalue weighted by molar-refractivity contribution is 9.10. The summed E-state index contributed by atoms with van der Waals surface area (Å²) in [5.41, 5.74) is 2.12. The number of carbonyl (C=O) groups excluding carboxylic acids is 1. The number of nitrogens with zero attached hydrogens (tertiary/aromatic N) is 2. The Morgan fingerprint density at radius 3 is 2.78 bits per heavy atom. The van der Waals surface area contributed by atoms with Crippen LogP contribution in [0.15, 0.2) is 22.7 Å². The van der Waals surface area contributed by atoms with Gasteiger partial charge in [-0.1, -0.05) is 15.9 Å². The van der Waals surface area contributed by atoms with E-state index < -0.39 is 10.0 Å². The third-order valence-electron chi connectivity index (χ3n) is 4.70. The van der Waals surface area contributed by atoms with E-state index in [1.54, 1.807) is 0 Å². The second-order valence-corrected chi connectivity index (χ2v) is 9.39. The Labute approximate surface area is 145 Å². The standard InChI is InChI=1S/C16H21BrN2O3S/c1-11-8-13-9-14(17)5-6-15(13)19(11)16(20)12-4-3-7-18(10-12)23(2,21)22/h5-6,9,11-12H,3-4,7-8,10H2,1-2H3/t11-,12+/m0/s1. The highest BCUT2D eigenvalue weighted by atomic mass is 79.9. The number of halogens is 1. The molecule has 0 aliphatic carbocycles. The van der Waals surface area contributed by atoms with Gasteiger partial charge < -0.3 is 4.90 Å². The minimum absolute atomic E-state index is 0.0481. The first-order valence-electron chi connectivity index (χ1n) is 7.84. The lowest BCUT2D eigenvalue weighted by atomic mass is 9.97. The first kappa shape index (κ1) is 16.9. The maximum atomic E-state index is 13.0. The number of carbonyl (C=O) groups is 1. The smallest absolute Gasteiger partial charge is 0.231 e. The molecule has 2 aliphatic heterocycles. The third-order valence-corrected chi connectivity index (χ3v) is 6.46. The van der Waals surface area contributed by atoms with Crippen LogP contribution < -0.4 is 4.90 Å². The molecule has 0 aromatic heterocycles. The van der Waals surface area contributed by atoms with Gasteiger partial charge in [0, 0.05) is 29.3 Å². The molecule has 2 atom stereocenters. The van der Waals surface area contributed by atoms with Crippen molar-refractivity contribution in [3.8, 4) is 0 Å². The van der Waals surface area contributed by atoms with Gasteiger partial charge in [0.2, 0.25) is 15.9 Å². The number of rotatable bonds is 2. The van der Waals surface area contributed by atoms with Crippen LogP contribution in [0.4, 0.5) is 5.69 Å². The summed E-state index contributed by atoms with van der Waals surface area (Å²) in [5, 5.41) is 0.